The fourth-order valence-corrected chi connectivity index (χ4v) is 1.86. The highest BCUT2D eigenvalue weighted by atomic mass is 16.6. The summed E-state index contributed by atoms with van der Waals surface area (Å²) in [6.07, 6.45) is 1.18. The molecular weight excluding hydrogens is 244 g/mol. The Morgan fingerprint density at radius 3 is 2.16 bits per heavy atom. The molecule has 1 rings (SSSR count). The number of amides is 2. The topological polar surface area (TPSA) is 49.9 Å². The summed E-state index contributed by atoms with van der Waals surface area (Å²) in [6.45, 7) is 10.1. The van der Waals surface area contributed by atoms with E-state index in [1.165, 1.54) is 9.80 Å². The Morgan fingerprint density at radius 2 is 1.74 bits per heavy atom. The highest BCUT2D eigenvalue weighted by Crippen LogP contribution is 2.21. The van der Waals surface area contributed by atoms with E-state index >= 15 is 0 Å². The Kier molecular flexibility index (Phi) is 6.87. The second-order valence-corrected chi connectivity index (χ2v) is 5.56. The molecule has 0 aromatic heterocycles. The summed E-state index contributed by atoms with van der Waals surface area (Å²) in [7, 11) is 3.40. The predicted molar refractivity (Wildman–Crippen MR) is 76.0 cm³/mol. The average Bonchev–Trinajstić information content (AvgIpc) is 2.77. The highest BCUT2D eigenvalue weighted by Gasteiger charge is 2.37. The van der Waals surface area contributed by atoms with E-state index in [0.717, 1.165) is 12.8 Å². The van der Waals surface area contributed by atoms with Gasteiger partial charge in [0, 0.05) is 20.6 Å². The van der Waals surface area contributed by atoms with Crippen LogP contribution in [0.1, 0.15) is 47.5 Å². The number of ether oxygens (including phenoxy) is 1. The van der Waals surface area contributed by atoms with Gasteiger partial charge in [-0.3, -0.25) is 9.69 Å². The Morgan fingerprint density at radius 1 is 1.21 bits per heavy atom. The highest BCUT2D eigenvalue weighted by molar-refractivity contribution is 5.86. The van der Waals surface area contributed by atoms with Gasteiger partial charge in [-0.25, -0.2) is 4.79 Å². The van der Waals surface area contributed by atoms with Crippen molar-refractivity contribution in [1.29, 1.82) is 0 Å². The number of hydrogen-bond acceptors (Lipinski definition) is 3. The van der Waals surface area contributed by atoms with Crippen molar-refractivity contribution in [3.05, 3.63) is 0 Å². The van der Waals surface area contributed by atoms with Crippen LogP contribution in [0, 0.1) is 0 Å². The van der Waals surface area contributed by atoms with Crippen molar-refractivity contribution in [2.24, 2.45) is 0 Å². The number of likely N-dealkylation sites (tertiary alicyclic amines) is 1. The van der Waals surface area contributed by atoms with Crippen LogP contribution in [0.4, 0.5) is 4.79 Å². The second kappa shape index (κ2) is 7.36. The van der Waals surface area contributed by atoms with Crippen LogP contribution in [-0.2, 0) is 9.53 Å². The van der Waals surface area contributed by atoms with Gasteiger partial charge < -0.3 is 9.64 Å². The maximum absolute atomic E-state index is 11.9. The molecule has 0 N–H and O–H groups in total. The summed E-state index contributed by atoms with van der Waals surface area (Å²) in [4.78, 5) is 26.9. The Balaban J connectivity index is 0.00000154. The van der Waals surface area contributed by atoms with Crippen molar-refractivity contribution in [2.75, 3.05) is 20.6 Å². The molecule has 1 aliphatic rings. The SMILES string of the molecule is CC.CN(C)C(=O)C1CCCN1C(=O)OC(C)(C)C. The zero-order valence-corrected chi connectivity index (χ0v) is 13.3. The molecule has 0 spiro atoms. The lowest BCUT2D eigenvalue weighted by molar-refractivity contribution is -0.133. The van der Waals surface area contributed by atoms with Crippen LogP contribution in [0.3, 0.4) is 0 Å². The third-order valence-corrected chi connectivity index (χ3v) is 2.61. The third kappa shape index (κ3) is 5.49. The van der Waals surface area contributed by atoms with Gasteiger partial charge in [0.1, 0.15) is 11.6 Å². The normalized spacial score (nSPS) is 18.5. The zero-order valence-electron chi connectivity index (χ0n) is 13.3. The van der Waals surface area contributed by atoms with Gasteiger partial charge >= 0.3 is 6.09 Å². The number of nitrogens with zero attached hydrogens (tertiary/aromatic N) is 2. The molecule has 0 bridgehead atoms. The first-order valence-corrected chi connectivity index (χ1v) is 6.93. The molecule has 1 unspecified atom stereocenters. The van der Waals surface area contributed by atoms with Gasteiger partial charge in [-0.2, -0.15) is 0 Å². The molecule has 0 radical (unpaired) electrons. The minimum absolute atomic E-state index is 0.0339. The van der Waals surface area contributed by atoms with Gasteiger partial charge in [0.2, 0.25) is 5.91 Å². The van der Waals surface area contributed by atoms with Gasteiger partial charge in [-0.15, -0.1) is 0 Å². The van der Waals surface area contributed by atoms with Crippen LogP contribution < -0.4 is 0 Å². The number of likely N-dealkylation sites (N-methyl/N-ethyl adjacent to an activating group) is 1. The van der Waals surface area contributed by atoms with Crippen LogP contribution in [0.15, 0.2) is 0 Å². The van der Waals surface area contributed by atoms with E-state index in [-0.39, 0.29) is 11.9 Å². The van der Waals surface area contributed by atoms with E-state index < -0.39 is 11.7 Å². The standard InChI is InChI=1S/C12H22N2O3.C2H6/c1-12(2,3)17-11(16)14-8-6-7-9(14)10(15)13(4)5;1-2/h9H,6-8H2,1-5H3;1-2H3. The van der Waals surface area contributed by atoms with Crippen molar-refractivity contribution in [3.8, 4) is 0 Å². The summed E-state index contributed by atoms with van der Waals surface area (Å²) in [5.74, 6) is -0.0339. The van der Waals surface area contributed by atoms with E-state index in [0.29, 0.717) is 6.54 Å². The van der Waals surface area contributed by atoms with Crippen molar-refractivity contribution in [1.82, 2.24) is 9.80 Å². The molecule has 0 aromatic carbocycles. The Labute approximate surface area is 116 Å². The number of carbonyl (C=O) groups is 2. The molecule has 0 saturated carbocycles. The molecule has 1 aliphatic heterocycles. The van der Waals surface area contributed by atoms with Gasteiger partial charge in [-0.1, -0.05) is 13.8 Å². The molecule has 5 nitrogen and oxygen atoms in total. The van der Waals surface area contributed by atoms with E-state index in [1.807, 2.05) is 34.6 Å². The zero-order chi connectivity index (χ0) is 15.2. The number of rotatable bonds is 1. The molecule has 1 heterocycles. The average molecular weight is 272 g/mol. The summed E-state index contributed by atoms with van der Waals surface area (Å²) >= 11 is 0. The summed E-state index contributed by atoms with van der Waals surface area (Å²) in [5, 5.41) is 0. The molecule has 2 amide bonds. The molecule has 1 saturated heterocycles. The fourth-order valence-electron chi connectivity index (χ4n) is 1.86. The molecule has 0 aliphatic carbocycles. The lowest BCUT2D eigenvalue weighted by atomic mass is 10.2. The smallest absolute Gasteiger partial charge is 0.410 e. The maximum Gasteiger partial charge on any atom is 0.410 e. The van der Waals surface area contributed by atoms with E-state index in [4.69, 9.17) is 4.74 Å². The van der Waals surface area contributed by atoms with Gasteiger partial charge in [0.05, 0.1) is 0 Å². The van der Waals surface area contributed by atoms with Crippen LogP contribution in [-0.4, -0.2) is 54.1 Å². The largest absolute Gasteiger partial charge is 0.444 e. The first-order valence-electron chi connectivity index (χ1n) is 6.93. The van der Waals surface area contributed by atoms with Gasteiger partial charge in [0.15, 0.2) is 0 Å². The van der Waals surface area contributed by atoms with Crippen LogP contribution in [0.5, 0.6) is 0 Å². The molecule has 1 fully saturated rings. The van der Waals surface area contributed by atoms with E-state index in [9.17, 15) is 9.59 Å². The van der Waals surface area contributed by atoms with Crippen molar-refractivity contribution >= 4 is 12.0 Å². The lowest BCUT2D eigenvalue weighted by Gasteiger charge is -2.29. The predicted octanol–water partition coefficient (Wildman–Crippen LogP) is 2.50. The van der Waals surface area contributed by atoms with Crippen molar-refractivity contribution in [2.45, 2.75) is 59.1 Å². The van der Waals surface area contributed by atoms with Gasteiger partial charge in [-0.05, 0) is 33.6 Å². The lowest BCUT2D eigenvalue weighted by Crippen LogP contribution is -2.47. The third-order valence-electron chi connectivity index (χ3n) is 2.61. The summed E-state index contributed by atoms with van der Waals surface area (Å²) in [6, 6.07) is -0.361. The van der Waals surface area contributed by atoms with Crippen LogP contribution >= 0.6 is 0 Å². The van der Waals surface area contributed by atoms with Crippen molar-refractivity contribution < 1.29 is 14.3 Å². The summed E-state index contributed by atoms with van der Waals surface area (Å²) < 4.78 is 5.30. The Bertz CT molecular complexity index is 308. The van der Waals surface area contributed by atoms with E-state index in [2.05, 4.69) is 0 Å². The van der Waals surface area contributed by atoms with Crippen LogP contribution in [0.25, 0.3) is 0 Å². The minimum Gasteiger partial charge on any atom is -0.444 e. The Hall–Kier alpha value is -1.26. The molecular formula is C14H28N2O3. The van der Waals surface area contributed by atoms with E-state index in [1.54, 1.807) is 14.1 Å². The molecule has 5 heteroatoms. The maximum atomic E-state index is 11.9. The van der Waals surface area contributed by atoms with Crippen molar-refractivity contribution in [3.63, 3.8) is 0 Å². The minimum atomic E-state index is -0.522. The van der Waals surface area contributed by atoms with Gasteiger partial charge in [0.25, 0.3) is 0 Å². The summed E-state index contributed by atoms with van der Waals surface area (Å²) in [5.41, 5.74) is -0.522. The molecule has 0 aromatic rings. The first kappa shape index (κ1) is 17.7. The molecule has 1 atom stereocenters. The number of hydrogen-bond donors (Lipinski definition) is 0. The first-order chi connectivity index (χ1) is 8.72. The molecule has 19 heavy (non-hydrogen) atoms. The van der Waals surface area contributed by atoms with Crippen LogP contribution in [0.2, 0.25) is 0 Å². The fraction of sp³-hybridized carbons (Fsp3) is 0.857. The monoisotopic (exact) mass is 272 g/mol. The number of carbonyl (C=O) groups excluding carboxylic acids is 2. The quantitative estimate of drug-likeness (QED) is 0.737. The second-order valence-electron chi connectivity index (χ2n) is 5.56. The molecule has 112 valence electrons.